The van der Waals surface area contributed by atoms with Crippen molar-refractivity contribution in [3.8, 4) is 22.9 Å². The molecule has 3 aromatic carbocycles. The number of methoxy groups -OCH3 is 1. The van der Waals surface area contributed by atoms with Gasteiger partial charge in [-0.05, 0) is 49.1 Å². The van der Waals surface area contributed by atoms with Gasteiger partial charge in [-0.1, -0.05) is 36.4 Å². The molecular formula is C26H25N3O2. The minimum absolute atomic E-state index is 0.237. The van der Waals surface area contributed by atoms with Gasteiger partial charge in [0.1, 0.15) is 11.8 Å². The highest BCUT2D eigenvalue weighted by atomic mass is 16.5. The maximum Gasteiger partial charge on any atom is 0.255 e. The van der Waals surface area contributed by atoms with Crippen molar-refractivity contribution < 1.29 is 9.53 Å². The second-order valence-electron chi connectivity index (χ2n) is 7.63. The van der Waals surface area contributed by atoms with E-state index in [1.54, 1.807) is 25.3 Å². The normalized spacial score (nSPS) is 13.4. The minimum Gasteiger partial charge on any atom is -0.496 e. The Labute approximate surface area is 182 Å². The third-order valence-electron chi connectivity index (χ3n) is 5.62. The van der Waals surface area contributed by atoms with Crippen molar-refractivity contribution in [1.82, 2.24) is 0 Å². The Kier molecular flexibility index (Phi) is 6.18. The van der Waals surface area contributed by atoms with E-state index in [9.17, 15) is 10.1 Å². The summed E-state index contributed by atoms with van der Waals surface area (Å²) < 4.78 is 5.50. The Morgan fingerprint density at radius 3 is 2.48 bits per heavy atom. The Morgan fingerprint density at radius 1 is 1.00 bits per heavy atom. The first-order valence-electron chi connectivity index (χ1n) is 10.5. The first-order valence-corrected chi connectivity index (χ1v) is 10.5. The number of rotatable bonds is 5. The number of carbonyl (C=O) groups is 1. The van der Waals surface area contributed by atoms with Crippen LogP contribution in [-0.2, 0) is 0 Å². The first kappa shape index (κ1) is 20.5. The summed E-state index contributed by atoms with van der Waals surface area (Å²) in [6, 6.07) is 23.1. The zero-order chi connectivity index (χ0) is 21.6. The minimum atomic E-state index is -0.237. The Morgan fingerprint density at radius 2 is 1.77 bits per heavy atom. The zero-order valence-electron chi connectivity index (χ0n) is 17.6. The average Bonchev–Trinajstić information content (AvgIpc) is 2.85. The van der Waals surface area contributed by atoms with E-state index < -0.39 is 0 Å². The molecule has 1 N–H and O–H groups in total. The summed E-state index contributed by atoms with van der Waals surface area (Å²) in [5.41, 5.74) is 4.23. The van der Waals surface area contributed by atoms with Crippen molar-refractivity contribution >= 4 is 17.3 Å². The van der Waals surface area contributed by atoms with E-state index in [4.69, 9.17) is 4.74 Å². The van der Waals surface area contributed by atoms with E-state index in [1.807, 2.05) is 48.5 Å². The summed E-state index contributed by atoms with van der Waals surface area (Å²) in [6.45, 7) is 2.03. The lowest BCUT2D eigenvalue weighted by Crippen LogP contribution is -2.29. The maximum atomic E-state index is 13.0. The van der Waals surface area contributed by atoms with Gasteiger partial charge in [0, 0.05) is 36.0 Å². The molecule has 156 valence electrons. The summed E-state index contributed by atoms with van der Waals surface area (Å²) in [5.74, 6) is 0.354. The van der Waals surface area contributed by atoms with Gasteiger partial charge in [-0.3, -0.25) is 4.79 Å². The molecule has 5 heteroatoms. The summed E-state index contributed by atoms with van der Waals surface area (Å²) in [5, 5.41) is 12.6. The quantitative estimate of drug-likeness (QED) is 0.604. The van der Waals surface area contributed by atoms with Crippen molar-refractivity contribution in [2.75, 3.05) is 30.4 Å². The standard InChI is InChI=1S/C26H25N3O2/c1-31-25-16-21(18-27)24(17-23(25)19-9-4-2-5-10-19)28-26(30)20-11-8-12-22(15-20)29-13-6-3-7-14-29/h2,4-5,8-12,15-17H,3,6-7,13-14H2,1H3,(H,28,30). The summed E-state index contributed by atoms with van der Waals surface area (Å²) in [7, 11) is 1.58. The van der Waals surface area contributed by atoms with E-state index in [0.717, 1.165) is 29.9 Å². The fraction of sp³-hybridized carbons (Fsp3) is 0.231. The van der Waals surface area contributed by atoms with Crippen molar-refractivity contribution in [2.45, 2.75) is 19.3 Å². The highest BCUT2D eigenvalue weighted by Crippen LogP contribution is 2.35. The summed E-state index contributed by atoms with van der Waals surface area (Å²) in [4.78, 5) is 15.4. The van der Waals surface area contributed by atoms with Gasteiger partial charge in [-0.2, -0.15) is 5.26 Å². The van der Waals surface area contributed by atoms with Crippen molar-refractivity contribution in [2.24, 2.45) is 0 Å². The number of nitriles is 1. The van der Waals surface area contributed by atoms with Gasteiger partial charge < -0.3 is 15.0 Å². The van der Waals surface area contributed by atoms with Crippen LogP contribution in [0.2, 0.25) is 0 Å². The van der Waals surface area contributed by atoms with E-state index >= 15 is 0 Å². The van der Waals surface area contributed by atoms with E-state index in [1.165, 1.54) is 19.3 Å². The third-order valence-corrected chi connectivity index (χ3v) is 5.62. The Balaban J connectivity index is 1.64. The van der Waals surface area contributed by atoms with Gasteiger partial charge in [0.15, 0.2) is 0 Å². The largest absolute Gasteiger partial charge is 0.496 e. The lowest BCUT2D eigenvalue weighted by Gasteiger charge is -2.29. The second kappa shape index (κ2) is 9.36. The van der Waals surface area contributed by atoms with Crippen LogP contribution in [0.25, 0.3) is 11.1 Å². The van der Waals surface area contributed by atoms with E-state index in [-0.39, 0.29) is 5.91 Å². The van der Waals surface area contributed by atoms with Crippen LogP contribution in [-0.4, -0.2) is 26.1 Å². The summed E-state index contributed by atoms with van der Waals surface area (Å²) >= 11 is 0. The van der Waals surface area contributed by atoms with Crippen LogP contribution in [0.3, 0.4) is 0 Å². The smallest absolute Gasteiger partial charge is 0.255 e. The molecule has 1 fully saturated rings. The van der Waals surface area contributed by atoms with E-state index in [2.05, 4.69) is 16.3 Å². The van der Waals surface area contributed by atoms with Crippen LogP contribution in [0.15, 0.2) is 66.7 Å². The molecule has 0 unspecified atom stereocenters. The van der Waals surface area contributed by atoms with Crippen LogP contribution < -0.4 is 15.0 Å². The zero-order valence-corrected chi connectivity index (χ0v) is 17.6. The van der Waals surface area contributed by atoms with Crippen molar-refractivity contribution in [3.05, 3.63) is 77.9 Å². The van der Waals surface area contributed by atoms with Gasteiger partial charge >= 0.3 is 0 Å². The lowest BCUT2D eigenvalue weighted by molar-refractivity contribution is 0.102. The monoisotopic (exact) mass is 411 g/mol. The average molecular weight is 412 g/mol. The molecule has 1 saturated heterocycles. The number of hydrogen-bond acceptors (Lipinski definition) is 4. The van der Waals surface area contributed by atoms with Crippen LogP contribution in [0.5, 0.6) is 5.75 Å². The molecule has 0 spiro atoms. The fourth-order valence-corrected chi connectivity index (χ4v) is 3.98. The topological polar surface area (TPSA) is 65.4 Å². The fourth-order valence-electron chi connectivity index (χ4n) is 3.98. The predicted octanol–water partition coefficient (Wildman–Crippen LogP) is 5.48. The van der Waals surface area contributed by atoms with Gasteiger partial charge in [0.2, 0.25) is 0 Å². The second-order valence-corrected chi connectivity index (χ2v) is 7.63. The van der Waals surface area contributed by atoms with Gasteiger partial charge in [0.05, 0.1) is 18.4 Å². The molecule has 0 radical (unpaired) electrons. The molecule has 0 aliphatic carbocycles. The third kappa shape index (κ3) is 4.54. The molecule has 0 bridgehead atoms. The number of anilines is 2. The molecule has 0 saturated carbocycles. The van der Waals surface area contributed by atoms with Gasteiger partial charge in [-0.25, -0.2) is 0 Å². The molecule has 4 rings (SSSR count). The van der Waals surface area contributed by atoms with Gasteiger partial charge in [0.25, 0.3) is 5.91 Å². The summed E-state index contributed by atoms with van der Waals surface area (Å²) in [6.07, 6.45) is 3.61. The molecule has 1 heterocycles. The molecule has 5 nitrogen and oxygen atoms in total. The number of nitrogens with one attached hydrogen (secondary N) is 1. The van der Waals surface area contributed by atoms with Crippen LogP contribution in [0, 0.1) is 11.3 Å². The number of amides is 1. The molecule has 1 aliphatic rings. The molecule has 0 atom stereocenters. The predicted molar refractivity (Wildman–Crippen MR) is 124 cm³/mol. The van der Waals surface area contributed by atoms with Crippen LogP contribution in [0.1, 0.15) is 35.2 Å². The van der Waals surface area contributed by atoms with Gasteiger partial charge in [-0.15, -0.1) is 0 Å². The molecule has 1 amide bonds. The van der Waals surface area contributed by atoms with Crippen LogP contribution >= 0.6 is 0 Å². The number of piperidine rings is 1. The van der Waals surface area contributed by atoms with Crippen molar-refractivity contribution in [1.29, 1.82) is 5.26 Å². The SMILES string of the molecule is COc1cc(C#N)c(NC(=O)c2cccc(N3CCCCC3)c2)cc1-c1ccccc1. The number of ether oxygens (including phenoxy) is 1. The number of hydrogen-bond donors (Lipinski definition) is 1. The molecule has 31 heavy (non-hydrogen) atoms. The highest BCUT2D eigenvalue weighted by Gasteiger charge is 2.17. The first-order chi connectivity index (χ1) is 15.2. The van der Waals surface area contributed by atoms with Crippen LogP contribution in [0.4, 0.5) is 11.4 Å². The number of carbonyl (C=O) groups excluding carboxylic acids is 1. The Hall–Kier alpha value is -3.78. The van der Waals surface area contributed by atoms with Crippen molar-refractivity contribution in [3.63, 3.8) is 0 Å². The highest BCUT2D eigenvalue weighted by molar-refractivity contribution is 6.06. The maximum absolute atomic E-state index is 13.0. The molecule has 1 aliphatic heterocycles. The number of nitrogens with zero attached hydrogens (tertiary/aromatic N) is 2. The molecular weight excluding hydrogens is 386 g/mol. The number of benzene rings is 3. The Bertz CT molecular complexity index is 1110. The lowest BCUT2D eigenvalue weighted by atomic mass is 10.0. The molecule has 3 aromatic rings. The molecule has 0 aromatic heterocycles. The van der Waals surface area contributed by atoms with E-state index in [0.29, 0.717) is 22.6 Å².